The molecule has 6 aromatic rings. The third-order valence-corrected chi connectivity index (χ3v) is 15.0. The quantitative estimate of drug-likeness (QED) is 0.0579. The molecule has 16 heteroatoms. The topological polar surface area (TPSA) is 195 Å². The summed E-state index contributed by atoms with van der Waals surface area (Å²) in [5, 5.41) is 23.2. The first-order valence-electron chi connectivity index (χ1n) is 22.6. The van der Waals surface area contributed by atoms with Gasteiger partial charge in [-0.05, 0) is 110 Å². The van der Waals surface area contributed by atoms with E-state index in [-0.39, 0.29) is 71.4 Å². The number of carboxylic acids is 2. The second-order valence-electron chi connectivity index (χ2n) is 16.7. The van der Waals surface area contributed by atoms with E-state index in [1.54, 1.807) is 48.5 Å². The first kappa shape index (κ1) is 59.9. The largest absolute Gasteiger partial charge is 1.00 e. The van der Waals surface area contributed by atoms with Crippen molar-refractivity contribution in [2.45, 2.75) is 64.5 Å². The first-order valence-corrected chi connectivity index (χ1v) is 26.7. The number of aryl methyl sites for hydroxylation is 2. The minimum atomic E-state index is -3.78. The fourth-order valence-electron chi connectivity index (χ4n) is 7.67. The average molecular weight is 1000 g/mol. The minimum Gasteiger partial charge on any atom is -0.548 e. The van der Waals surface area contributed by atoms with Gasteiger partial charge < -0.3 is 39.4 Å². The van der Waals surface area contributed by atoms with Crippen molar-refractivity contribution in [3.05, 3.63) is 181 Å². The van der Waals surface area contributed by atoms with E-state index in [1.807, 2.05) is 121 Å². The molecule has 0 saturated carbocycles. The number of hydrogen-bond donors (Lipinski definition) is 2. The summed E-state index contributed by atoms with van der Waals surface area (Å²) in [5.41, 5.74) is 6.76. The summed E-state index contributed by atoms with van der Waals surface area (Å²) in [7, 11) is -7.55. The Morgan fingerprint density at radius 3 is 1.00 bits per heavy atom. The average Bonchev–Trinajstić information content (AvgIpc) is 3.33. The molecule has 6 rings (SSSR count). The molecule has 0 bridgehead atoms. The smallest absolute Gasteiger partial charge is 0.548 e. The maximum absolute atomic E-state index is 13.0. The Balaban J connectivity index is 0.000000360. The monoisotopic (exact) mass is 1000 g/mol. The molecule has 4 atom stereocenters. The van der Waals surface area contributed by atoms with Crippen LogP contribution in [0.15, 0.2) is 170 Å². The molecule has 0 aliphatic carbocycles. The molecule has 12 nitrogen and oxygen atoms in total. The normalized spacial score (nSPS) is 13.2. The Hall–Kier alpha value is -4.42. The van der Waals surface area contributed by atoms with E-state index in [4.69, 9.17) is 0 Å². The third-order valence-electron chi connectivity index (χ3n) is 11.4. The molecule has 2 N–H and O–H groups in total. The van der Waals surface area contributed by atoms with Gasteiger partial charge in [0.05, 0.1) is 24.0 Å². The molecule has 0 saturated heterocycles. The van der Waals surface area contributed by atoms with Crippen LogP contribution in [0.1, 0.15) is 50.7 Å². The zero-order valence-corrected chi connectivity index (χ0v) is 46.1. The Bertz CT molecular complexity index is 2460. The fraction of sp³-hybridized carbons (Fsp3) is 0.259. The van der Waals surface area contributed by atoms with E-state index in [9.17, 15) is 48.3 Å². The molecule has 2 amide bonds. The number of rotatable bonds is 22. The number of carboxylic acid groups (broad SMARTS) is 2. The van der Waals surface area contributed by atoms with Gasteiger partial charge in [0.25, 0.3) is 0 Å². The summed E-state index contributed by atoms with van der Waals surface area (Å²) < 4.78 is 25.5. The van der Waals surface area contributed by atoms with Gasteiger partial charge in [0.15, 0.2) is 0 Å². The van der Waals surface area contributed by atoms with E-state index in [0.717, 1.165) is 68.9 Å². The number of carbonyl (C=O) groups is 4. The number of unbranched alkanes of at least 4 members (excludes halogenated alkanes) is 2. The van der Waals surface area contributed by atoms with Crippen LogP contribution >= 0.6 is 14.7 Å². The van der Waals surface area contributed by atoms with Gasteiger partial charge in [-0.1, -0.05) is 146 Å². The number of anilines is 2. The molecule has 0 fully saturated rings. The number of carbonyl (C=O) groups excluding carboxylic acids is 4. The maximum atomic E-state index is 13.0. The van der Waals surface area contributed by atoms with E-state index in [1.165, 1.54) is 13.8 Å². The van der Waals surface area contributed by atoms with E-state index in [2.05, 4.69) is 0 Å². The summed E-state index contributed by atoms with van der Waals surface area (Å²) in [4.78, 5) is 72.1. The predicted molar refractivity (Wildman–Crippen MR) is 266 cm³/mol. The van der Waals surface area contributed by atoms with Crippen molar-refractivity contribution >= 4 is 49.9 Å². The molecule has 2 unspecified atom stereocenters. The number of benzene rings is 6. The van der Waals surface area contributed by atoms with Crippen LogP contribution in [0.2, 0.25) is 0 Å². The molecule has 0 aliphatic heterocycles. The maximum Gasteiger partial charge on any atom is 1.00 e. The number of amides is 2. The molecular weight excluding hydrogens is 945 g/mol. The molecule has 0 heterocycles. The SMILES string of the molecule is C[C@@H](C(=O)[O-])N(C(=O)CP(=O)(O)CCCCc1ccccc1)c1ccc(-c2ccccc2)cc1.C[C@@H](C(=O)[O-])N(C(=O)CP(=O)(O)CCCCc1ccccc1)c1ccc(-c2ccccc2)cc1.[Na+].[Na+]. The Morgan fingerprint density at radius 2 is 0.714 bits per heavy atom. The Morgan fingerprint density at radius 1 is 0.443 bits per heavy atom. The van der Waals surface area contributed by atoms with Crippen LogP contribution in [-0.2, 0) is 41.1 Å². The summed E-state index contributed by atoms with van der Waals surface area (Å²) in [6.45, 7) is 2.67. The van der Waals surface area contributed by atoms with Crippen molar-refractivity contribution in [3.63, 3.8) is 0 Å². The molecule has 6 aromatic carbocycles. The van der Waals surface area contributed by atoms with Crippen LogP contribution < -0.4 is 79.1 Å². The Labute approximate surface area is 455 Å². The standard InChI is InChI=1S/2C27H30NO5P.2Na/c2*1-21(27(30)31)28(25-17-15-24(16-18-25)23-13-6-3-7-14-23)26(29)20-34(32,33)19-9-8-12-22-10-4-2-5-11-22;;/h2*2-7,10-11,13-18,21H,8-9,12,19-20H2,1H3,(H,30,31)(H,32,33);;/q;;2*+1/p-2/t2*21-;;/m00../s1. The van der Waals surface area contributed by atoms with Crippen molar-refractivity contribution in [2.24, 2.45) is 0 Å². The van der Waals surface area contributed by atoms with Crippen molar-refractivity contribution in [1.82, 2.24) is 0 Å². The summed E-state index contributed by atoms with van der Waals surface area (Å²) >= 11 is 0. The second-order valence-corrected chi connectivity index (χ2v) is 21.6. The van der Waals surface area contributed by atoms with Gasteiger partial charge in [-0.25, -0.2) is 0 Å². The van der Waals surface area contributed by atoms with Gasteiger partial charge in [0.1, 0.15) is 12.3 Å². The summed E-state index contributed by atoms with van der Waals surface area (Å²) in [6.07, 6.45) is 2.80. The summed E-state index contributed by atoms with van der Waals surface area (Å²) in [6, 6.07) is 50.1. The Kier molecular flexibility index (Phi) is 25.5. The number of nitrogens with zero attached hydrogens (tertiary/aromatic N) is 2. The van der Waals surface area contributed by atoms with Crippen LogP contribution in [0.3, 0.4) is 0 Å². The van der Waals surface area contributed by atoms with Gasteiger partial charge in [-0.2, -0.15) is 0 Å². The van der Waals surface area contributed by atoms with Crippen molar-refractivity contribution in [3.8, 4) is 22.3 Å². The van der Waals surface area contributed by atoms with Crippen LogP contribution in [0.25, 0.3) is 22.3 Å². The second kappa shape index (κ2) is 29.8. The van der Waals surface area contributed by atoms with Crippen LogP contribution in [0.5, 0.6) is 0 Å². The zero-order chi connectivity index (χ0) is 49.1. The van der Waals surface area contributed by atoms with E-state index < -0.39 is 62.9 Å². The molecule has 0 aliphatic rings. The van der Waals surface area contributed by atoms with Crippen LogP contribution in [0.4, 0.5) is 11.4 Å². The molecule has 356 valence electrons. The van der Waals surface area contributed by atoms with Gasteiger partial charge in [-0.3, -0.25) is 18.7 Å². The molecule has 0 spiro atoms. The van der Waals surface area contributed by atoms with Gasteiger partial charge >= 0.3 is 59.1 Å². The number of hydrogen-bond acceptors (Lipinski definition) is 8. The van der Waals surface area contributed by atoms with Crippen molar-refractivity contribution < 1.29 is 107 Å². The molecule has 70 heavy (non-hydrogen) atoms. The van der Waals surface area contributed by atoms with E-state index in [0.29, 0.717) is 24.2 Å². The van der Waals surface area contributed by atoms with Crippen molar-refractivity contribution in [2.75, 3.05) is 34.4 Å². The minimum absolute atomic E-state index is 0. The number of aliphatic carboxylic acids is 2. The van der Waals surface area contributed by atoms with Gasteiger partial charge in [0, 0.05) is 23.7 Å². The molecule has 0 aromatic heterocycles. The van der Waals surface area contributed by atoms with Crippen LogP contribution in [0, 0.1) is 0 Å². The first-order chi connectivity index (χ1) is 32.5. The van der Waals surface area contributed by atoms with Crippen LogP contribution in [-0.4, -0.2) is 70.3 Å². The molecule has 0 radical (unpaired) electrons. The molecular formula is C54H58N2Na2O10P2. The third kappa shape index (κ3) is 19.3. The zero-order valence-electron chi connectivity index (χ0n) is 40.3. The predicted octanol–water partition coefficient (Wildman–Crippen LogP) is 2.24. The van der Waals surface area contributed by atoms with Crippen molar-refractivity contribution in [1.29, 1.82) is 0 Å². The fourth-order valence-corrected chi connectivity index (χ4v) is 10.6. The van der Waals surface area contributed by atoms with Gasteiger partial charge in [0.2, 0.25) is 26.6 Å². The van der Waals surface area contributed by atoms with Gasteiger partial charge in [-0.15, -0.1) is 0 Å². The summed E-state index contributed by atoms with van der Waals surface area (Å²) in [5.74, 6) is -4.29. The van der Waals surface area contributed by atoms with E-state index >= 15 is 0 Å².